The lowest BCUT2D eigenvalue weighted by molar-refractivity contribution is -0.152. The predicted octanol–water partition coefficient (Wildman–Crippen LogP) is 5.88. The van der Waals surface area contributed by atoms with Crippen LogP contribution in [0.3, 0.4) is 0 Å². The number of imide groups is 1. The quantitative estimate of drug-likeness (QED) is 0.179. The van der Waals surface area contributed by atoms with Gasteiger partial charge in [0.25, 0.3) is 17.7 Å². The monoisotopic (exact) mass is 558 g/mol. The molecule has 2 aromatic rings. The standard InChI is InChI=1S/C24H22Cl4N2O5/c1-3-4-10-14(24(34)35-11-15(31)29-12(2)13-8-6-5-7-9-13)30-22(32)16-17(23(30)33)19(26)21(28)20(27)18(16)25/h5-9,12,14H,3-4,10-11H2,1-2H3,(H,29,31)/t12-,14-/m1/s1. The van der Waals surface area contributed by atoms with Crippen molar-refractivity contribution in [1.29, 1.82) is 0 Å². The Kier molecular flexibility index (Phi) is 9.05. The maximum absolute atomic E-state index is 13.2. The molecule has 3 amide bonds. The Bertz CT molecular complexity index is 1130. The number of carbonyl (C=O) groups excluding carboxylic acids is 4. The number of nitrogens with zero attached hydrogens (tertiary/aromatic N) is 1. The number of esters is 1. The zero-order valence-electron chi connectivity index (χ0n) is 18.9. The Labute approximate surface area is 222 Å². The number of hydrogen-bond donors (Lipinski definition) is 1. The Balaban J connectivity index is 1.77. The number of benzene rings is 2. The fourth-order valence-electron chi connectivity index (χ4n) is 3.74. The summed E-state index contributed by atoms with van der Waals surface area (Å²) in [4.78, 5) is 52.4. The van der Waals surface area contributed by atoms with Gasteiger partial charge in [0.1, 0.15) is 6.04 Å². The number of amides is 3. The first kappa shape index (κ1) is 27.3. The lowest BCUT2D eigenvalue weighted by Crippen LogP contribution is -2.46. The van der Waals surface area contributed by atoms with E-state index in [0.29, 0.717) is 12.8 Å². The Morgan fingerprint density at radius 2 is 1.49 bits per heavy atom. The van der Waals surface area contributed by atoms with E-state index in [1.807, 2.05) is 37.3 Å². The zero-order chi connectivity index (χ0) is 25.9. The molecule has 0 fully saturated rings. The number of ether oxygens (including phenoxy) is 1. The van der Waals surface area contributed by atoms with Gasteiger partial charge in [-0.05, 0) is 18.9 Å². The molecule has 0 radical (unpaired) electrons. The molecule has 0 aromatic heterocycles. The van der Waals surface area contributed by atoms with Gasteiger partial charge < -0.3 is 10.1 Å². The summed E-state index contributed by atoms with van der Waals surface area (Å²) in [6, 6.07) is 7.66. The molecule has 1 aliphatic rings. The van der Waals surface area contributed by atoms with Crippen LogP contribution in [-0.4, -0.2) is 41.2 Å². The first-order valence-corrected chi connectivity index (χ1v) is 12.4. The molecule has 11 heteroatoms. The van der Waals surface area contributed by atoms with E-state index in [0.717, 1.165) is 10.5 Å². The minimum atomic E-state index is -1.29. The van der Waals surface area contributed by atoms with Crippen molar-refractivity contribution in [2.45, 2.75) is 45.2 Å². The molecule has 1 aliphatic heterocycles. The van der Waals surface area contributed by atoms with Crippen molar-refractivity contribution < 1.29 is 23.9 Å². The molecule has 0 spiro atoms. The third kappa shape index (κ3) is 5.59. The van der Waals surface area contributed by atoms with E-state index in [4.69, 9.17) is 51.1 Å². The van der Waals surface area contributed by atoms with E-state index in [1.54, 1.807) is 6.92 Å². The van der Waals surface area contributed by atoms with Gasteiger partial charge in [0.05, 0.1) is 37.3 Å². The second-order valence-electron chi connectivity index (χ2n) is 7.95. The minimum Gasteiger partial charge on any atom is -0.454 e. The maximum Gasteiger partial charge on any atom is 0.329 e. The van der Waals surface area contributed by atoms with E-state index in [-0.39, 0.29) is 43.7 Å². The van der Waals surface area contributed by atoms with Crippen molar-refractivity contribution in [3.63, 3.8) is 0 Å². The van der Waals surface area contributed by atoms with Crippen LogP contribution < -0.4 is 5.32 Å². The van der Waals surface area contributed by atoms with Gasteiger partial charge >= 0.3 is 5.97 Å². The van der Waals surface area contributed by atoms with Crippen LogP contribution in [0.15, 0.2) is 30.3 Å². The van der Waals surface area contributed by atoms with Crippen molar-refractivity contribution in [1.82, 2.24) is 10.2 Å². The number of carbonyl (C=O) groups is 4. The fraction of sp³-hybridized carbons (Fsp3) is 0.333. The summed E-state index contributed by atoms with van der Waals surface area (Å²) >= 11 is 24.5. The molecular weight excluding hydrogens is 538 g/mol. The smallest absolute Gasteiger partial charge is 0.329 e. The lowest BCUT2D eigenvalue weighted by Gasteiger charge is -2.24. The molecule has 0 aliphatic carbocycles. The normalized spacial score (nSPS) is 14.5. The Morgan fingerprint density at radius 1 is 0.943 bits per heavy atom. The maximum atomic E-state index is 13.2. The second-order valence-corrected chi connectivity index (χ2v) is 9.46. The zero-order valence-corrected chi connectivity index (χ0v) is 21.9. The molecule has 1 N–H and O–H groups in total. The lowest BCUT2D eigenvalue weighted by atomic mass is 10.1. The fourth-order valence-corrected chi connectivity index (χ4v) is 4.75. The summed E-state index contributed by atoms with van der Waals surface area (Å²) < 4.78 is 5.20. The molecule has 186 valence electrons. The van der Waals surface area contributed by atoms with E-state index < -0.39 is 36.3 Å². The first-order valence-electron chi connectivity index (χ1n) is 10.8. The Hall–Kier alpha value is -2.32. The number of fused-ring (bicyclic) bond motifs is 1. The third-order valence-electron chi connectivity index (χ3n) is 5.57. The summed E-state index contributed by atoms with van der Waals surface area (Å²) in [5.74, 6) is -3.11. The van der Waals surface area contributed by atoms with Crippen LogP contribution in [0.5, 0.6) is 0 Å². The van der Waals surface area contributed by atoms with Crippen LogP contribution in [0.1, 0.15) is 65.4 Å². The summed E-state index contributed by atoms with van der Waals surface area (Å²) in [6.07, 6.45) is 1.31. The third-order valence-corrected chi connectivity index (χ3v) is 7.37. The average molecular weight is 560 g/mol. The summed E-state index contributed by atoms with van der Waals surface area (Å²) in [5, 5.41) is 1.94. The molecule has 0 unspecified atom stereocenters. The van der Waals surface area contributed by atoms with Crippen molar-refractivity contribution >= 4 is 70.1 Å². The van der Waals surface area contributed by atoms with Gasteiger partial charge in [0, 0.05) is 0 Å². The van der Waals surface area contributed by atoms with E-state index in [1.165, 1.54) is 0 Å². The first-order chi connectivity index (χ1) is 16.6. The molecule has 0 bridgehead atoms. The minimum absolute atomic E-state index is 0.125. The van der Waals surface area contributed by atoms with Gasteiger partial charge in [-0.15, -0.1) is 0 Å². The largest absolute Gasteiger partial charge is 0.454 e. The molecule has 2 aromatic carbocycles. The van der Waals surface area contributed by atoms with Gasteiger partial charge in [-0.1, -0.05) is 96.5 Å². The molecule has 1 heterocycles. The highest BCUT2D eigenvalue weighted by atomic mass is 35.5. The van der Waals surface area contributed by atoms with E-state index in [9.17, 15) is 19.2 Å². The van der Waals surface area contributed by atoms with Crippen LogP contribution in [0.25, 0.3) is 0 Å². The van der Waals surface area contributed by atoms with Gasteiger partial charge in [-0.3, -0.25) is 19.3 Å². The topological polar surface area (TPSA) is 92.8 Å². The summed E-state index contributed by atoms with van der Waals surface area (Å²) in [5.41, 5.74) is 0.435. The van der Waals surface area contributed by atoms with E-state index >= 15 is 0 Å². The molecule has 2 atom stereocenters. The molecule has 35 heavy (non-hydrogen) atoms. The van der Waals surface area contributed by atoms with Gasteiger partial charge in [-0.25, -0.2) is 4.79 Å². The number of nitrogens with one attached hydrogen (secondary N) is 1. The average Bonchev–Trinajstić information content (AvgIpc) is 3.11. The highest BCUT2D eigenvalue weighted by molar-refractivity contribution is 6.55. The molecule has 0 saturated carbocycles. The summed E-state index contributed by atoms with van der Waals surface area (Å²) in [7, 11) is 0. The van der Waals surface area contributed by atoms with Crippen LogP contribution in [0.2, 0.25) is 20.1 Å². The predicted molar refractivity (Wildman–Crippen MR) is 134 cm³/mol. The Morgan fingerprint density at radius 3 is 2.00 bits per heavy atom. The van der Waals surface area contributed by atoms with Crippen molar-refractivity contribution in [2.24, 2.45) is 0 Å². The number of halogens is 4. The van der Waals surface area contributed by atoms with Crippen LogP contribution in [0, 0.1) is 0 Å². The number of unbranched alkanes of at least 4 members (excludes halogenated alkanes) is 1. The number of rotatable bonds is 9. The second kappa shape index (κ2) is 11.6. The molecule has 7 nitrogen and oxygen atoms in total. The molecule has 0 saturated heterocycles. The van der Waals surface area contributed by atoms with Crippen molar-refractivity contribution in [2.75, 3.05) is 6.61 Å². The highest BCUT2D eigenvalue weighted by Crippen LogP contribution is 2.45. The van der Waals surface area contributed by atoms with Crippen LogP contribution in [0.4, 0.5) is 0 Å². The van der Waals surface area contributed by atoms with Crippen LogP contribution in [-0.2, 0) is 14.3 Å². The highest BCUT2D eigenvalue weighted by Gasteiger charge is 2.47. The molecular formula is C24H22Cl4N2O5. The van der Waals surface area contributed by atoms with Crippen molar-refractivity contribution in [3.05, 3.63) is 67.1 Å². The van der Waals surface area contributed by atoms with Gasteiger partial charge in [-0.2, -0.15) is 0 Å². The molecule has 3 rings (SSSR count). The van der Waals surface area contributed by atoms with Gasteiger partial charge in [0.15, 0.2) is 6.61 Å². The SMILES string of the molecule is CCCC[C@H](C(=O)OCC(=O)N[C@H](C)c1ccccc1)N1C(=O)c2c(Cl)c(Cl)c(Cl)c(Cl)c2C1=O. The number of hydrogen-bond acceptors (Lipinski definition) is 5. The van der Waals surface area contributed by atoms with Crippen molar-refractivity contribution in [3.8, 4) is 0 Å². The van der Waals surface area contributed by atoms with Crippen LogP contribution >= 0.6 is 46.4 Å². The van der Waals surface area contributed by atoms with Gasteiger partial charge in [0.2, 0.25) is 0 Å². The summed E-state index contributed by atoms with van der Waals surface area (Å²) in [6.45, 7) is 3.10. The van der Waals surface area contributed by atoms with E-state index in [2.05, 4.69) is 5.32 Å².